The van der Waals surface area contributed by atoms with Gasteiger partial charge in [-0.3, -0.25) is 4.79 Å². The normalized spacial score (nSPS) is 9.56. The van der Waals surface area contributed by atoms with Gasteiger partial charge in [0.1, 0.15) is 0 Å². The summed E-state index contributed by atoms with van der Waals surface area (Å²) in [5, 5.41) is 0.691. The summed E-state index contributed by atoms with van der Waals surface area (Å²) in [6.45, 7) is 0.556. The fourth-order valence-electron chi connectivity index (χ4n) is 1.42. The third-order valence-electron chi connectivity index (χ3n) is 2.14. The zero-order valence-corrected chi connectivity index (χ0v) is 10.0. The number of halogens is 2. The molecule has 0 amide bonds. The summed E-state index contributed by atoms with van der Waals surface area (Å²) < 4.78 is 1.64. The van der Waals surface area contributed by atoms with Crippen molar-refractivity contribution in [2.75, 3.05) is 0 Å². The molecule has 2 nitrogen and oxygen atoms in total. The summed E-state index contributed by atoms with van der Waals surface area (Å²) in [5.41, 5.74) is 1.02. The lowest BCUT2D eigenvalue weighted by Crippen LogP contribution is -2.18. The van der Waals surface area contributed by atoms with Crippen molar-refractivity contribution in [1.29, 1.82) is 0 Å². The van der Waals surface area contributed by atoms with Crippen LogP contribution in [0.2, 0.25) is 5.02 Å². The van der Waals surface area contributed by atoms with Gasteiger partial charge in [0, 0.05) is 17.3 Å². The topological polar surface area (TPSA) is 22.0 Å². The molecule has 0 radical (unpaired) electrons. The molecule has 1 heterocycles. The van der Waals surface area contributed by atoms with Crippen molar-refractivity contribution in [1.82, 2.24) is 4.57 Å². The summed E-state index contributed by atoms with van der Waals surface area (Å²) in [6, 6.07) is 12.6. The molecule has 0 aliphatic rings. The zero-order chi connectivity index (χ0) is 10.7. The van der Waals surface area contributed by atoms with Gasteiger partial charge in [-0.25, -0.2) is 0 Å². The number of hydrogen-bond acceptors (Lipinski definition) is 1. The minimum Gasteiger partial charge on any atom is -0.311 e. The van der Waals surface area contributed by atoms with Crippen molar-refractivity contribution >= 4 is 24.0 Å². The van der Waals surface area contributed by atoms with Crippen molar-refractivity contribution in [3.63, 3.8) is 0 Å². The average molecular weight is 256 g/mol. The first-order valence-corrected chi connectivity index (χ1v) is 5.03. The maximum absolute atomic E-state index is 11.4. The van der Waals surface area contributed by atoms with Crippen LogP contribution in [0, 0.1) is 0 Å². The third kappa shape index (κ3) is 3.12. The van der Waals surface area contributed by atoms with Crippen LogP contribution >= 0.6 is 24.0 Å². The third-order valence-corrected chi connectivity index (χ3v) is 2.38. The van der Waals surface area contributed by atoms with E-state index in [0.29, 0.717) is 11.6 Å². The molecule has 4 heteroatoms. The van der Waals surface area contributed by atoms with E-state index in [1.807, 2.05) is 30.3 Å². The van der Waals surface area contributed by atoms with E-state index in [1.165, 1.54) is 0 Å². The standard InChI is InChI=1S/C12H10ClNO.ClH/c13-11-5-3-4-10(8-11)9-14-7-2-1-6-12(14)15;/h1-8H,9H2;1H. The molecule has 0 spiro atoms. The van der Waals surface area contributed by atoms with Gasteiger partial charge in [-0.05, 0) is 23.8 Å². The molecule has 0 N–H and O–H groups in total. The fraction of sp³-hybridized carbons (Fsp3) is 0.0833. The van der Waals surface area contributed by atoms with Crippen LogP contribution < -0.4 is 5.56 Å². The van der Waals surface area contributed by atoms with Gasteiger partial charge in [-0.15, -0.1) is 12.4 Å². The average Bonchev–Trinajstić information content (AvgIpc) is 2.22. The predicted octanol–water partition coefficient (Wildman–Crippen LogP) is 2.97. The van der Waals surface area contributed by atoms with E-state index in [-0.39, 0.29) is 18.0 Å². The fourth-order valence-corrected chi connectivity index (χ4v) is 1.64. The first kappa shape index (κ1) is 12.8. The molecule has 0 bridgehead atoms. The predicted molar refractivity (Wildman–Crippen MR) is 68.5 cm³/mol. The van der Waals surface area contributed by atoms with Crippen LogP contribution in [-0.4, -0.2) is 4.57 Å². The molecule has 0 atom stereocenters. The second-order valence-electron chi connectivity index (χ2n) is 3.30. The highest BCUT2D eigenvalue weighted by Crippen LogP contribution is 2.11. The smallest absolute Gasteiger partial charge is 0.250 e. The van der Waals surface area contributed by atoms with Crippen molar-refractivity contribution in [3.05, 3.63) is 69.6 Å². The number of benzene rings is 1. The molecular weight excluding hydrogens is 245 g/mol. The quantitative estimate of drug-likeness (QED) is 0.809. The van der Waals surface area contributed by atoms with E-state index in [2.05, 4.69) is 0 Å². The highest BCUT2D eigenvalue weighted by Gasteiger charge is 1.97. The Labute approximate surface area is 105 Å². The van der Waals surface area contributed by atoms with Crippen LogP contribution in [0.15, 0.2) is 53.5 Å². The molecule has 2 rings (SSSR count). The van der Waals surface area contributed by atoms with Crippen LogP contribution in [0.4, 0.5) is 0 Å². The lowest BCUT2D eigenvalue weighted by atomic mass is 10.2. The monoisotopic (exact) mass is 255 g/mol. The lowest BCUT2D eigenvalue weighted by molar-refractivity contribution is 0.759. The number of hydrogen-bond donors (Lipinski definition) is 0. The van der Waals surface area contributed by atoms with E-state index in [4.69, 9.17) is 11.6 Å². The summed E-state index contributed by atoms with van der Waals surface area (Å²) in [6.07, 6.45) is 1.77. The summed E-state index contributed by atoms with van der Waals surface area (Å²) in [4.78, 5) is 11.4. The zero-order valence-electron chi connectivity index (χ0n) is 8.47. The Kier molecular flexibility index (Phi) is 4.59. The molecule has 0 fully saturated rings. The Hall–Kier alpha value is -1.25. The van der Waals surface area contributed by atoms with E-state index in [1.54, 1.807) is 22.9 Å². The first-order valence-electron chi connectivity index (χ1n) is 4.65. The van der Waals surface area contributed by atoms with E-state index >= 15 is 0 Å². The Balaban J connectivity index is 0.00000128. The van der Waals surface area contributed by atoms with Crippen molar-refractivity contribution in [3.8, 4) is 0 Å². The van der Waals surface area contributed by atoms with Gasteiger partial charge in [-0.1, -0.05) is 29.8 Å². The van der Waals surface area contributed by atoms with Gasteiger partial charge in [-0.2, -0.15) is 0 Å². The second-order valence-corrected chi connectivity index (χ2v) is 3.73. The summed E-state index contributed by atoms with van der Waals surface area (Å²) in [5.74, 6) is 0. The maximum atomic E-state index is 11.4. The SMILES string of the molecule is Cl.O=c1ccccn1Cc1cccc(Cl)c1. The highest BCUT2D eigenvalue weighted by atomic mass is 35.5. The molecule has 84 valence electrons. The molecule has 0 aliphatic carbocycles. The molecule has 2 aromatic rings. The van der Waals surface area contributed by atoms with Crippen LogP contribution in [0.1, 0.15) is 5.56 Å². The van der Waals surface area contributed by atoms with E-state index in [0.717, 1.165) is 5.56 Å². The second kappa shape index (κ2) is 5.73. The first-order chi connectivity index (χ1) is 7.25. The van der Waals surface area contributed by atoms with Crippen molar-refractivity contribution in [2.24, 2.45) is 0 Å². The number of nitrogens with zero attached hydrogens (tertiary/aromatic N) is 1. The van der Waals surface area contributed by atoms with E-state index < -0.39 is 0 Å². The van der Waals surface area contributed by atoms with Crippen LogP contribution in [0.3, 0.4) is 0 Å². The van der Waals surface area contributed by atoms with Gasteiger partial charge in [0.15, 0.2) is 0 Å². The minimum atomic E-state index is -0.00234. The largest absolute Gasteiger partial charge is 0.311 e. The Morgan fingerprint density at radius 3 is 2.62 bits per heavy atom. The Morgan fingerprint density at radius 2 is 1.94 bits per heavy atom. The molecular formula is C12H11Cl2NO. The van der Waals surface area contributed by atoms with Crippen LogP contribution in [-0.2, 0) is 6.54 Å². The van der Waals surface area contributed by atoms with Gasteiger partial charge < -0.3 is 4.57 Å². The number of pyridine rings is 1. The highest BCUT2D eigenvalue weighted by molar-refractivity contribution is 6.30. The summed E-state index contributed by atoms with van der Waals surface area (Å²) in [7, 11) is 0. The van der Waals surface area contributed by atoms with Gasteiger partial charge in [0.05, 0.1) is 6.54 Å². The Bertz CT molecular complexity index is 522. The minimum absolute atomic E-state index is 0. The van der Waals surface area contributed by atoms with Gasteiger partial charge in [0.2, 0.25) is 0 Å². The maximum Gasteiger partial charge on any atom is 0.250 e. The molecule has 0 saturated carbocycles. The van der Waals surface area contributed by atoms with Crippen LogP contribution in [0.25, 0.3) is 0 Å². The molecule has 0 unspecified atom stereocenters. The molecule has 16 heavy (non-hydrogen) atoms. The van der Waals surface area contributed by atoms with Crippen molar-refractivity contribution in [2.45, 2.75) is 6.54 Å². The van der Waals surface area contributed by atoms with Gasteiger partial charge in [0.25, 0.3) is 5.56 Å². The van der Waals surface area contributed by atoms with Gasteiger partial charge >= 0.3 is 0 Å². The number of rotatable bonds is 2. The number of aromatic nitrogens is 1. The molecule has 1 aromatic carbocycles. The van der Waals surface area contributed by atoms with Crippen molar-refractivity contribution < 1.29 is 0 Å². The van der Waals surface area contributed by atoms with E-state index in [9.17, 15) is 4.79 Å². The van der Waals surface area contributed by atoms with Crippen LogP contribution in [0.5, 0.6) is 0 Å². The molecule has 0 aliphatic heterocycles. The lowest BCUT2D eigenvalue weighted by Gasteiger charge is -2.04. The molecule has 0 saturated heterocycles. The Morgan fingerprint density at radius 1 is 1.12 bits per heavy atom. The summed E-state index contributed by atoms with van der Waals surface area (Å²) >= 11 is 5.86. The molecule has 1 aromatic heterocycles.